The van der Waals surface area contributed by atoms with E-state index < -0.39 is 11.7 Å². The van der Waals surface area contributed by atoms with Crippen LogP contribution in [-0.4, -0.2) is 15.9 Å². The van der Waals surface area contributed by atoms with E-state index in [2.05, 4.69) is 25.9 Å². The van der Waals surface area contributed by atoms with Crippen molar-refractivity contribution in [1.82, 2.24) is 9.97 Å². The quantitative estimate of drug-likeness (QED) is 0.328. The number of anilines is 5. The predicted octanol–water partition coefficient (Wildman–Crippen LogP) is 6.28. The van der Waals surface area contributed by atoms with E-state index in [1.165, 1.54) is 18.2 Å². The van der Waals surface area contributed by atoms with Gasteiger partial charge in [-0.25, -0.2) is 9.37 Å². The second kappa shape index (κ2) is 9.48. The van der Waals surface area contributed by atoms with Crippen LogP contribution in [0.1, 0.15) is 27.2 Å². The van der Waals surface area contributed by atoms with Crippen molar-refractivity contribution in [1.29, 1.82) is 0 Å². The lowest BCUT2D eigenvalue weighted by Gasteiger charge is -2.16. The molecule has 0 radical (unpaired) electrons. The van der Waals surface area contributed by atoms with Gasteiger partial charge < -0.3 is 16.0 Å². The Bertz CT molecular complexity index is 1290. The average molecular weight is 442 g/mol. The molecule has 1 amide bonds. The van der Waals surface area contributed by atoms with Crippen LogP contribution < -0.4 is 16.0 Å². The Labute approximate surface area is 191 Å². The van der Waals surface area contributed by atoms with E-state index >= 15 is 0 Å². The third kappa shape index (κ3) is 5.51. The zero-order chi connectivity index (χ0) is 23.4. The average Bonchev–Trinajstić information content (AvgIpc) is 2.79. The van der Waals surface area contributed by atoms with Crippen LogP contribution in [-0.2, 0) is 0 Å². The molecule has 0 bridgehead atoms. The van der Waals surface area contributed by atoms with E-state index in [-0.39, 0.29) is 5.56 Å². The van der Waals surface area contributed by atoms with Crippen LogP contribution in [0, 0.1) is 26.6 Å². The molecule has 3 aromatic carbocycles. The number of halogens is 1. The summed E-state index contributed by atoms with van der Waals surface area (Å²) >= 11 is 0. The fourth-order valence-electron chi connectivity index (χ4n) is 3.22. The first-order valence-electron chi connectivity index (χ1n) is 10.5. The van der Waals surface area contributed by atoms with Gasteiger partial charge in [-0.1, -0.05) is 41.5 Å². The second-order valence-electron chi connectivity index (χ2n) is 7.80. The van der Waals surface area contributed by atoms with Gasteiger partial charge in [-0.3, -0.25) is 4.79 Å². The van der Waals surface area contributed by atoms with Crippen molar-refractivity contribution < 1.29 is 9.18 Å². The number of hydrogen-bond acceptors (Lipinski definition) is 5. The van der Waals surface area contributed by atoms with Gasteiger partial charge in [0.25, 0.3) is 5.91 Å². The number of rotatable bonds is 6. The third-order valence-corrected chi connectivity index (χ3v) is 5.04. The van der Waals surface area contributed by atoms with Crippen molar-refractivity contribution in [3.05, 3.63) is 101 Å². The standard InChI is InChI=1S/C26H24FN5O/c1-16-7-11-21(12-8-16)29-24-23(31-25(33)19-5-4-6-20(27)15-19)18(3)28-26(32-24)30-22-13-9-17(2)10-14-22/h4-15H,1-3H3,(H,31,33)(H2,28,29,30,32). The molecule has 4 aromatic rings. The van der Waals surface area contributed by atoms with E-state index in [1.807, 2.05) is 62.4 Å². The van der Waals surface area contributed by atoms with Gasteiger partial charge in [0, 0.05) is 16.9 Å². The SMILES string of the molecule is Cc1ccc(Nc2nc(C)c(NC(=O)c3cccc(F)c3)c(Nc3ccc(C)cc3)n2)cc1. The van der Waals surface area contributed by atoms with Crippen LogP contribution in [0.25, 0.3) is 0 Å². The number of nitrogens with one attached hydrogen (secondary N) is 3. The number of hydrogen-bond donors (Lipinski definition) is 3. The van der Waals surface area contributed by atoms with Crippen molar-refractivity contribution >= 4 is 34.7 Å². The molecule has 0 saturated heterocycles. The number of aryl methyl sites for hydroxylation is 3. The first-order chi connectivity index (χ1) is 15.9. The van der Waals surface area contributed by atoms with Gasteiger partial charge in [0.05, 0.1) is 5.69 Å². The lowest BCUT2D eigenvalue weighted by Crippen LogP contribution is -2.16. The van der Waals surface area contributed by atoms with Gasteiger partial charge in [0.1, 0.15) is 11.5 Å². The smallest absolute Gasteiger partial charge is 0.255 e. The zero-order valence-corrected chi connectivity index (χ0v) is 18.6. The van der Waals surface area contributed by atoms with Crippen LogP contribution in [0.2, 0.25) is 0 Å². The third-order valence-electron chi connectivity index (χ3n) is 5.04. The molecule has 7 heteroatoms. The molecule has 6 nitrogen and oxygen atoms in total. The Balaban J connectivity index is 1.69. The molecule has 3 N–H and O–H groups in total. The highest BCUT2D eigenvalue weighted by Crippen LogP contribution is 2.29. The Hall–Kier alpha value is -4.26. The van der Waals surface area contributed by atoms with E-state index in [1.54, 1.807) is 13.0 Å². The molecule has 166 valence electrons. The highest BCUT2D eigenvalue weighted by molar-refractivity contribution is 6.06. The summed E-state index contributed by atoms with van der Waals surface area (Å²) in [6.07, 6.45) is 0. The highest BCUT2D eigenvalue weighted by atomic mass is 19.1. The van der Waals surface area contributed by atoms with Crippen LogP contribution >= 0.6 is 0 Å². The molecule has 33 heavy (non-hydrogen) atoms. The Morgan fingerprint density at radius 1 is 0.788 bits per heavy atom. The molecule has 0 atom stereocenters. The van der Waals surface area contributed by atoms with Crippen molar-refractivity contribution in [3.8, 4) is 0 Å². The fourth-order valence-corrected chi connectivity index (χ4v) is 3.22. The number of carbonyl (C=O) groups is 1. The van der Waals surface area contributed by atoms with Crippen LogP contribution in [0.4, 0.5) is 33.2 Å². The monoisotopic (exact) mass is 441 g/mol. The van der Waals surface area contributed by atoms with E-state index in [4.69, 9.17) is 0 Å². The molecule has 4 rings (SSSR count). The van der Waals surface area contributed by atoms with Crippen molar-refractivity contribution in [2.75, 3.05) is 16.0 Å². The summed E-state index contributed by atoms with van der Waals surface area (Å²) < 4.78 is 13.6. The first kappa shape index (κ1) is 22.0. The fraction of sp³-hybridized carbons (Fsp3) is 0.115. The van der Waals surface area contributed by atoms with Crippen molar-refractivity contribution in [2.45, 2.75) is 20.8 Å². The maximum atomic E-state index is 13.6. The second-order valence-corrected chi connectivity index (χ2v) is 7.80. The largest absolute Gasteiger partial charge is 0.338 e. The summed E-state index contributed by atoms with van der Waals surface area (Å²) in [7, 11) is 0. The molecular weight excluding hydrogens is 417 g/mol. The number of benzene rings is 3. The van der Waals surface area contributed by atoms with Crippen LogP contribution in [0.3, 0.4) is 0 Å². The zero-order valence-electron chi connectivity index (χ0n) is 18.6. The molecule has 0 saturated carbocycles. The van der Waals surface area contributed by atoms with Crippen LogP contribution in [0.5, 0.6) is 0 Å². The molecule has 1 aromatic heterocycles. The molecular formula is C26H24FN5O. The molecule has 1 heterocycles. The number of nitrogens with zero attached hydrogens (tertiary/aromatic N) is 2. The predicted molar refractivity (Wildman–Crippen MR) is 130 cm³/mol. The lowest BCUT2D eigenvalue weighted by molar-refractivity contribution is 0.102. The molecule has 0 spiro atoms. The summed E-state index contributed by atoms with van der Waals surface area (Å²) in [5.74, 6) is -0.126. The minimum atomic E-state index is -0.480. The molecule has 0 aliphatic heterocycles. The van der Waals surface area contributed by atoms with Gasteiger partial charge in [0.2, 0.25) is 5.95 Å². The van der Waals surface area contributed by atoms with Gasteiger partial charge in [-0.15, -0.1) is 0 Å². The molecule has 0 aliphatic rings. The molecule has 0 fully saturated rings. The maximum Gasteiger partial charge on any atom is 0.255 e. The van der Waals surface area contributed by atoms with Crippen LogP contribution in [0.15, 0.2) is 72.8 Å². The summed E-state index contributed by atoms with van der Waals surface area (Å²) in [4.78, 5) is 21.9. The van der Waals surface area contributed by atoms with Crippen molar-refractivity contribution in [3.63, 3.8) is 0 Å². The Morgan fingerprint density at radius 3 is 2.00 bits per heavy atom. The number of amides is 1. The van der Waals surface area contributed by atoms with Gasteiger partial charge in [-0.2, -0.15) is 4.98 Å². The Morgan fingerprint density at radius 2 is 1.39 bits per heavy atom. The summed E-state index contributed by atoms with van der Waals surface area (Å²) in [6.45, 7) is 5.81. The number of carbonyl (C=O) groups excluding carboxylic acids is 1. The highest BCUT2D eigenvalue weighted by Gasteiger charge is 2.17. The van der Waals surface area contributed by atoms with Gasteiger partial charge in [0.15, 0.2) is 5.82 Å². The number of aromatic nitrogens is 2. The maximum absolute atomic E-state index is 13.6. The van der Waals surface area contributed by atoms with E-state index in [0.29, 0.717) is 23.1 Å². The lowest BCUT2D eigenvalue weighted by atomic mass is 10.2. The summed E-state index contributed by atoms with van der Waals surface area (Å²) in [5.41, 5.74) is 5.10. The summed E-state index contributed by atoms with van der Waals surface area (Å²) in [5, 5.41) is 9.30. The van der Waals surface area contributed by atoms with Gasteiger partial charge in [-0.05, 0) is 63.2 Å². The topological polar surface area (TPSA) is 78.9 Å². The minimum Gasteiger partial charge on any atom is -0.338 e. The first-order valence-corrected chi connectivity index (χ1v) is 10.5. The molecule has 0 unspecified atom stereocenters. The molecule has 0 aliphatic carbocycles. The van der Waals surface area contributed by atoms with E-state index in [0.717, 1.165) is 22.5 Å². The van der Waals surface area contributed by atoms with E-state index in [9.17, 15) is 9.18 Å². The Kier molecular flexibility index (Phi) is 6.31. The summed E-state index contributed by atoms with van der Waals surface area (Å²) in [6, 6.07) is 21.2. The van der Waals surface area contributed by atoms with Crippen molar-refractivity contribution in [2.24, 2.45) is 0 Å². The normalized spacial score (nSPS) is 10.5. The minimum absolute atomic E-state index is 0.206. The van der Waals surface area contributed by atoms with Gasteiger partial charge >= 0.3 is 0 Å².